The molecule has 1 aliphatic heterocycles. The topological polar surface area (TPSA) is 58.2 Å². The number of nitrogens with one attached hydrogen (secondary N) is 2. The van der Waals surface area contributed by atoms with Crippen LogP contribution in [-0.4, -0.2) is 18.4 Å². The Morgan fingerprint density at radius 3 is 2.58 bits per heavy atom. The van der Waals surface area contributed by atoms with Crippen LogP contribution in [0.4, 0.5) is 5.69 Å². The summed E-state index contributed by atoms with van der Waals surface area (Å²) in [4.78, 5) is 23.3. The molecule has 19 heavy (non-hydrogen) atoms. The van der Waals surface area contributed by atoms with Crippen molar-refractivity contribution in [3.63, 3.8) is 0 Å². The smallest absolute Gasteiger partial charge is 0.228 e. The highest BCUT2D eigenvalue weighted by Crippen LogP contribution is 2.19. The number of rotatable bonds is 3. The van der Waals surface area contributed by atoms with Gasteiger partial charge in [-0.3, -0.25) is 9.59 Å². The SMILES string of the molecule is CC(C)c1ccc(NC(=O)C2CCNC(=O)C2)cc1. The van der Waals surface area contributed by atoms with E-state index in [1.54, 1.807) is 0 Å². The fourth-order valence-electron chi connectivity index (χ4n) is 2.20. The fraction of sp³-hybridized carbons (Fsp3) is 0.467. The summed E-state index contributed by atoms with van der Waals surface area (Å²) >= 11 is 0. The first-order chi connectivity index (χ1) is 9.06. The van der Waals surface area contributed by atoms with Crippen LogP contribution in [0.1, 0.15) is 38.2 Å². The zero-order chi connectivity index (χ0) is 13.8. The third kappa shape index (κ3) is 3.56. The predicted molar refractivity (Wildman–Crippen MR) is 74.9 cm³/mol. The summed E-state index contributed by atoms with van der Waals surface area (Å²) < 4.78 is 0. The third-order valence-corrected chi connectivity index (χ3v) is 3.46. The lowest BCUT2D eigenvalue weighted by Gasteiger charge is -2.21. The number of hydrogen-bond acceptors (Lipinski definition) is 2. The molecule has 102 valence electrons. The van der Waals surface area contributed by atoms with E-state index in [2.05, 4.69) is 24.5 Å². The Hall–Kier alpha value is -1.84. The van der Waals surface area contributed by atoms with Crippen LogP contribution in [0.15, 0.2) is 24.3 Å². The molecule has 0 saturated carbocycles. The van der Waals surface area contributed by atoms with Crippen molar-refractivity contribution in [2.75, 3.05) is 11.9 Å². The molecule has 2 N–H and O–H groups in total. The van der Waals surface area contributed by atoms with Crippen molar-refractivity contribution in [2.45, 2.75) is 32.6 Å². The highest BCUT2D eigenvalue weighted by Gasteiger charge is 2.25. The van der Waals surface area contributed by atoms with Gasteiger partial charge in [0.25, 0.3) is 0 Å². The summed E-state index contributed by atoms with van der Waals surface area (Å²) in [6.07, 6.45) is 0.998. The molecule has 0 spiro atoms. The maximum atomic E-state index is 12.0. The van der Waals surface area contributed by atoms with Crippen molar-refractivity contribution in [2.24, 2.45) is 5.92 Å². The van der Waals surface area contributed by atoms with Crippen molar-refractivity contribution in [3.8, 4) is 0 Å². The molecule has 1 aromatic rings. The van der Waals surface area contributed by atoms with Crippen LogP contribution in [0.25, 0.3) is 0 Å². The van der Waals surface area contributed by atoms with Crippen LogP contribution < -0.4 is 10.6 Å². The van der Waals surface area contributed by atoms with E-state index in [0.717, 1.165) is 5.69 Å². The molecule has 2 rings (SSSR count). The number of carbonyl (C=O) groups excluding carboxylic acids is 2. The number of benzene rings is 1. The van der Waals surface area contributed by atoms with E-state index in [-0.39, 0.29) is 24.2 Å². The summed E-state index contributed by atoms with van der Waals surface area (Å²) in [7, 11) is 0. The molecule has 4 heteroatoms. The minimum Gasteiger partial charge on any atom is -0.356 e. The van der Waals surface area contributed by atoms with Crippen molar-refractivity contribution in [1.82, 2.24) is 5.32 Å². The third-order valence-electron chi connectivity index (χ3n) is 3.46. The van der Waals surface area contributed by atoms with Gasteiger partial charge in [-0.15, -0.1) is 0 Å². The molecule has 0 aromatic heterocycles. The van der Waals surface area contributed by atoms with Gasteiger partial charge in [-0.05, 0) is 30.0 Å². The molecule has 1 unspecified atom stereocenters. The minimum atomic E-state index is -0.210. The van der Waals surface area contributed by atoms with Gasteiger partial charge in [0, 0.05) is 24.6 Å². The normalized spacial score (nSPS) is 19.1. The van der Waals surface area contributed by atoms with Crippen LogP contribution in [0, 0.1) is 5.92 Å². The predicted octanol–water partition coefficient (Wildman–Crippen LogP) is 2.27. The highest BCUT2D eigenvalue weighted by molar-refractivity contribution is 5.95. The fourth-order valence-corrected chi connectivity index (χ4v) is 2.20. The number of hydrogen-bond donors (Lipinski definition) is 2. The zero-order valence-corrected chi connectivity index (χ0v) is 11.4. The van der Waals surface area contributed by atoms with Crippen LogP contribution in [-0.2, 0) is 9.59 Å². The minimum absolute atomic E-state index is 0.0402. The van der Waals surface area contributed by atoms with E-state index < -0.39 is 0 Å². The van der Waals surface area contributed by atoms with Crippen LogP contribution >= 0.6 is 0 Å². The average Bonchev–Trinajstić information content (AvgIpc) is 2.39. The van der Waals surface area contributed by atoms with E-state index in [1.807, 2.05) is 24.3 Å². The van der Waals surface area contributed by atoms with Crippen LogP contribution in [0.5, 0.6) is 0 Å². The molecule has 1 heterocycles. The van der Waals surface area contributed by atoms with Gasteiger partial charge >= 0.3 is 0 Å². The molecule has 1 fully saturated rings. The summed E-state index contributed by atoms with van der Waals surface area (Å²) in [5.74, 6) is 0.166. The Morgan fingerprint density at radius 1 is 1.32 bits per heavy atom. The summed E-state index contributed by atoms with van der Waals surface area (Å²) in [5.41, 5.74) is 2.04. The number of piperidine rings is 1. The van der Waals surface area contributed by atoms with Gasteiger partial charge in [0.1, 0.15) is 0 Å². The molecular weight excluding hydrogens is 240 g/mol. The summed E-state index contributed by atoms with van der Waals surface area (Å²) in [6.45, 7) is 4.85. The van der Waals surface area contributed by atoms with E-state index in [1.165, 1.54) is 5.56 Å². The van der Waals surface area contributed by atoms with Gasteiger partial charge < -0.3 is 10.6 Å². The first kappa shape index (κ1) is 13.6. The molecule has 1 aliphatic rings. The molecule has 0 bridgehead atoms. The molecule has 0 radical (unpaired) electrons. The first-order valence-electron chi connectivity index (χ1n) is 6.74. The summed E-state index contributed by atoms with van der Waals surface area (Å²) in [6, 6.07) is 7.87. The Bertz CT molecular complexity index is 466. The Kier molecular flexibility index (Phi) is 4.20. The van der Waals surface area contributed by atoms with Gasteiger partial charge in [0.2, 0.25) is 11.8 Å². The zero-order valence-electron chi connectivity index (χ0n) is 11.4. The lowest BCUT2D eigenvalue weighted by Crippen LogP contribution is -2.38. The molecule has 4 nitrogen and oxygen atoms in total. The molecule has 1 saturated heterocycles. The molecule has 1 aromatic carbocycles. The monoisotopic (exact) mass is 260 g/mol. The number of anilines is 1. The maximum Gasteiger partial charge on any atom is 0.228 e. The second-order valence-electron chi connectivity index (χ2n) is 5.31. The molecule has 0 aliphatic carbocycles. The second-order valence-corrected chi connectivity index (χ2v) is 5.31. The standard InChI is InChI=1S/C15H20N2O2/c1-10(2)11-3-5-13(6-4-11)17-15(19)12-7-8-16-14(18)9-12/h3-6,10,12H,7-9H2,1-2H3,(H,16,18)(H,17,19). The molecular formula is C15H20N2O2. The van der Waals surface area contributed by atoms with E-state index in [9.17, 15) is 9.59 Å². The average molecular weight is 260 g/mol. The van der Waals surface area contributed by atoms with Gasteiger partial charge in [-0.2, -0.15) is 0 Å². The molecule has 2 amide bonds. The first-order valence-corrected chi connectivity index (χ1v) is 6.74. The summed E-state index contributed by atoms with van der Waals surface area (Å²) in [5, 5.41) is 5.61. The Morgan fingerprint density at radius 2 is 2.00 bits per heavy atom. The lowest BCUT2D eigenvalue weighted by atomic mass is 9.96. The van der Waals surface area contributed by atoms with Crippen molar-refractivity contribution in [1.29, 1.82) is 0 Å². The highest BCUT2D eigenvalue weighted by atomic mass is 16.2. The van der Waals surface area contributed by atoms with Crippen molar-refractivity contribution >= 4 is 17.5 Å². The van der Waals surface area contributed by atoms with E-state index in [0.29, 0.717) is 18.9 Å². The van der Waals surface area contributed by atoms with E-state index >= 15 is 0 Å². The van der Waals surface area contributed by atoms with E-state index in [4.69, 9.17) is 0 Å². The van der Waals surface area contributed by atoms with Gasteiger partial charge in [0.15, 0.2) is 0 Å². The van der Waals surface area contributed by atoms with Crippen molar-refractivity contribution < 1.29 is 9.59 Å². The van der Waals surface area contributed by atoms with Gasteiger partial charge in [0.05, 0.1) is 0 Å². The molecule has 1 atom stereocenters. The Labute approximate surface area is 113 Å². The number of amides is 2. The van der Waals surface area contributed by atoms with Gasteiger partial charge in [-0.1, -0.05) is 26.0 Å². The number of carbonyl (C=O) groups is 2. The van der Waals surface area contributed by atoms with Gasteiger partial charge in [-0.25, -0.2) is 0 Å². The van der Waals surface area contributed by atoms with Crippen LogP contribution in [0.3, 0.4) is 0 Å². The maximum absolute atomic E-state index is 12.0. The van der Waals surface area contributed by atoms with Crippen LogP contribution in [0.2, 0.25) is 0 Å². The largest absolute Gasteiger partial charge is 0.356 e. The lowest BCUT2D eigenvalue weighted by molar-refractivity contribution is -0.129. The Balaban J connectivity index is 1.96. The van der Waals surface area contributed by atoms with Crippen molar-refractivity contribution in [3.05, 3.63) is 29.8 Å². The second kappa shape index (κ2) is 5.87. The quantitative estimate of drug-likeness (QED) is 0.876.